The lowest BCUT2D eigenvalue weighted by Gasteiger charge is -2.06. The summed E-state index contributed by atoms with van der Waals surface area (Å²) in [5, 5.41) is 8.25. The van der Waals surface area contributed by atoms with Gasteiger partial charge in [-0.3, -0.25) is 4.79 Å². The van der Waals surface area contributed by atoms with Crippen LogP contribution in [0.1, 0.15) is 22.4 Å². The van der Waals surface area contributed by atoms with Gasteiger partial charge in [-0.1, -0.05) is 41.7 Å². The van der Waals surface area contributed by atoms with Gasteiger partial charge in [0.05, 0.1) is 22.3 Å². The number of nitrogens with one attached hydrogen (secondary N) is 1. The fraction of sp³-hybridized carbons (Fsp3) is 0.190. The van der Waals surface area contributed by atoms with Crippen LogP contribution in [0.2, 0.25) is 0 Å². The molecule has 0 saturated carbocycles. The van der Waals surface area contributed by atoms with Crippen LogP contribution in [0.4, 0.5) is 5.82 Å². The van der Waals surface area contributed by atoms with Crippen molar-refractivity contribution in [3.63, 3.8) is 0 Å². The van der Waals surface area contributed by atoms with E-state index in [1.165, 1.54) is 11.1 Å². The maximum atomic E-state index is 12.5. The van der Waals surface area contributed by atoms with E-state index < -0.39 is 0 Å². The van der Waals surface area contributed by atoms with Crippen LogP contribution in [0.5, 0.6) is 0 Å². The molecule has 27 heavy (non-hydrogen) atoms. The minimum atomic E-state index is -0.0739. The van der Waals surface area contributed by atoms with Crippen molar-refractivity contribution < 1.29 is 4.79 Å². The van der Waals surface area contributed by atoms with Crippen molar-refractivity contribution in [2.75, 3.05) is 5.32 Å². The number of carbonyl (C=O) groups excluding carboxylic acids is 1. The molecule has 1 amide bonds. The number of nitrogens with zero attached hydrogens (tertiary/aromatic N) is 3. The van der Waals surface area contributed by atoms with Gasteiger partial charge in [0.1, 0.15) is 5.82 Å². The van der Waals surface area contributed by atoms with E-state index in [-0.39, 0.29) is 5.91 Å². The number of aryl methyl sites for hydroxylation is 3. The molecular weight excluding hydrogens is 356 g/mol. The van der Waals surface area contributed by atoms with Gasteiger partial charge in [-0.25, -0.2) is 4.98 Å². The first-order valence-electron chi connectivity index (χ1n) is 8.78. The van der Waals surface area contributed by atoms with E-state index >= 15 is 0 Å². The van der Waals surface area contributed by atoms with E-state index in [9.17, 15) is 4.79 Å². The maximum absolute atomic E-state index is 12.5. The molecule has 0 aliphatic rings. The zero-order valence-corrected chi connectivity index (χ0v) is 16.3. The third kappa shape index (κ3) is 3.61. The molecule has 0 saturated heterocycles. The molecule has 2 aromatic heterocycles. The number of fused-ring (bicyclic) bond motifs is 1. The molecule has 136 valence electrons. The topological polar surface area (TPSA) is 59.8 Å². The molecule has 0 fully saturated rings. The first-order chi connectivity index (χ1) is 13.0. The van der Waals surface area contributed by atoms with Crippen molar-refractivity contribution in [2.24, 2.45) is 0 Å². The molecule has 4 aromatic rings. The zero-order chi connectivity index (χ0) is 19.0. The van der Waals surface area contributed by atoms with Gasteiger partial charge < -0.3 is 5.32 Å². The number of rotatable bonds is 4. The molecule has 0 unspecified atom stereocenters. The van der Waals surface area contributed by atoms with E-state index in [0.717, 1.165) is 26.6 Å². The van der Waals surface area contributed by atoms with Gasteiger partial charge in [-0.15, -0.1) is 0 Å². The Balaban J connectivity index is 1.64. The third-order valence-corrected chi connectivity index (χ3v) is 5.47. The van der Waals surface area contributed by atoms with Crippen LogP contribution in [0.15, 0.2) is 48.5 Å². The quantitative estimate of drug-likeness (QED) is 0.567. The molecule has 4 rings (SSSR count). The zero-order valence-electron chi connectivity index (χ0n) is 15.5. The van der Waals surface area contributed by atoms with Crippen LogP contribution in [0.3, 0.4) is 0 Å². The summed E-state index contributed by atoms with van der Waals surface area (Å²) in [4.78, 5) is 17.2. The molecule has 5 nitrogen and oxygen atoms in total. The highest BCUT2D eigenvalue weighted by molar-refractivity contribution is 7.20. The summed E-state index contributed by atoms with van der Waals surface area (Å²) in [7, 11) is 0. The second kappa shape index (κ2) is 6.96. The lowest BCUT2D eigenvalue weighted by atomic mass is 10.1. The van der Waals surface area contributed by atoms with Gasteiger partial charge in [-0.2, -0.15) is 9.78 Å². The Labute approximate surface area is 161 Å². The van der Waals surface area contributed by atoms with Gasteiger partial charge >= 0.3 is 0 Å². The fourth-order valence-electron chi connectivity index (χ4n) is 2.96. The summed E-state index contributed by atoms with van der Waals surface area (Å²) >= 11 is 1.57. The molecule has 1 N–H and O–H groups in total. The molecule has 0 aliphatic carbocycles. The average molecular weight is 376 g/mol. The highest BCUT2D eigenvalue weighted by Crippen LogP contribution is 2.29. The summed E-state index contributed by atoms with van der Waals surface area (Å²) in [6.45, 7) is 6.09. The third-order valence-electron chi connectivity index (χ3n) is 4.48. The minimum Gasteiger partial charge on any atom is -0.310 e. The Morgan fingerprint density at radius 2 is 1.81 bits per heavy atom. The van der Waals surface area contributed by atoms with E-state index in [0.29, 0.717) is 12.2 Å². The van der Waals surface area contributed by atoms with Crippen LogP contribution in [-0.4, -0.2) is 20.7 Å². The normalized spacial score (nSPS) is 11.1. The first kappa shape index (κ1) is 17.4. The van der Waals surface area contributed by atoms with Crippen LogP contribution in [0, 0.1) is 20.8 Å². The molecule has 0 radical (unpaired) electrons. The summed E-state index contributed by atoms with van der Waals surface area (Å²) in [5.74, 6) is 0.566. The molecular formula is C21H20N4OS. The Bertz CT molecular complexity index is 1090. The van der Waals surface area contributed by atoms with Crippen LogP contribution in [-0.2, 0) is 11.2 Å². The minimum absolute atomic E-state index is 0.0739. The van der Waals surface area contributed by atoms with E-state index in [4.69, 9.17) is 4.98 Å². The monoisotopic (exact) mass is 376 g/mol. The van der Waals surface area contributed by atoms with E-state index in [1.807, 2.05) is 43.3 Å². The number of anilines is 1. The molecule has 0 aliphatic heterocycles. The SMILES string of the molecule is Cc1cc(NC(=O)Cc2ccccc2)n(-c2nc3cc(C)c(C)cc3s2)n1. The standard InChI is InChI=1S/C21H20N4OS/c1-13-9-17-18(10-14(13)2)27-21(22-17)25-19(11-15(3)24-25)23-20(26)12-16-7-5-4-6-8-16/h4-11H,12H2,1-3H3,(H,23,26). The number of amides is 1. The lowest BCUT2D eigenvalue weighted by molar-refractivity contribution is -0.115. The lowest BCUT2D eigenvalue weighted by Crippen LogP contribution is -2.17. The molecule has 0 bridgehead atoms. The van der Waals surface area contributed by atoms with Crippen molar-refractivity contribution in [3.8, 4) is 5.13 Å². The van der Waals surface area contributed by atoms with Crippen LogP contribution < -0.4 is 5.32 Å². The molecule has 2 aromatic carbocycles. The van der Waals surface area contributed by atoms with E-state index in [2.05, 4.69) is 36.4 Å². The van der Waals surface area contributed by atoms with Crippen molar-refractivity contribution in [1.29, 1.82) is 0 Å². The van der Waals surface area contributed by atoms with Gasteiger partial charge in [-0.05, 0) is 49.6 Å². The summed E-state index contributed by atoms with van der Waals surface area (Å²) in [5.41, 5.74) is 5.21. The van der Waals surface area contributed by atoms with Gasteiger partial charge in [0, 0.05) is 6.07 Å². The number of hydrogen-bond acceptors (Lipinski definition) is 4. The maximum Gasteiger partial charge on any atom is 0.229 e. The number of benzene rings is 2. The predicted octanol–water partition coefficient (Wildman–Crippen LogP) is 4.59. The fourth-order valence-corrected chi connectivity index (χ4v) is 3.97. The second-order valence-electron chi connectivity index (χ2n) is 6.69. The Kier molecular flexibility index (Phi) is 4.49. The summed E-state index contributed by atoms with van der Waals surface area (Å²) < 4.78 is 2.83. The predicted molar refractivity (Wildman–Crippen MR) is 110 cm³/mol. The van der Waals surface area contributed by atoms with Crippen molar-refractivity contribution in [2.45, 2.75) is 27.2 Å². The van der Waals surface area contributed by atoms with Crippen LogP contribution in [0.25, 0.3) is 15.3 Å². The van der Waals surface area contributed by atoms with Crippen LogP contribution >= 0.6 is 11.3 Å². The van der Waals surface area contributed by atoms with Gasteiger partial charge in [0.2, 0.25) is 11.0 Å². The van der Waals surface area contributed by atoms with Gasteiger partial charge in [0.15, 0.2) is 0 Å². The summed E-state index contributed by atoms with van der Waals surface area (Å²) in [6.07, 6.45) is 0.323. The highest BCUT2D eigenvalue weighted by atomic mass is 32.1. The Hall–Kier alpha value is -2.99. The molecule has 0 spiro atoms. The molecule has 6 heteroatoms. The largest absolute Gasteiger partial charge is 0.310 e. The van der Waals surface area contributed by atoms with E-state index in [1.54, 1.807) is 16.0 Å². The summed E-state index contributed by atoms with van der Waals surface area (Å²) in [6, 6.07) is 15.8. The smallest absolute Gasteiger partial charge is 0.229 e. The van der Waals surface area contributed by atoms with Crippen molar-refractivity contribution in [1.82, 2.24) is 14.8 Å². The van der Waals surface area contributed by atoms with Crippen molar-refractivity contribution >= 4 is 33.3 Å². The average Bonchev–Trinajstić information content (AvgIpc) is 3.19. The molecule has 2 heterocycles. The number of thiazole rings is 1. The van der Waals surface area contributed by atoms with Crippen molar-refractivity contribution in [3.05, 3.63) is 70.9 Å². The number of aromatic nitrogens is 3. The number of carbonyl (C=O) groups is 1. The Morgan fingerprint density at radius 1 is 1.07 bits per heavy atom. The number of hydrogen-bond donors (Lipinski definition) is 1. The molecule has 0 atom stereocenters. The highest BCUT2D eigenvalue weighted by Gasteiger charge is 2.15. The second-order valence-corrected chi connectivity index (χ2v) is 7.70. The Morgan fingerprint density at radius 3 is 2.59 bits per heavy atom. The van der Waals surface area contributed by atoms with Gasteiger partial charge in [0.25, 0.3) is 0 Å². The first-order valence-corrected chi connectivity index (χ1v) is 9.60.